The highest BCUT2D eigenvalue weighted by Crippen LogP contribution is 2.43. The molecule has 4 aromatic carbocycles. The maximum atomic E-state index is 14.9. The van der Waals surface area contributed by atoms with Crippen molar-refractivity contribution >= 4 is 68.9 Å². The highest BCUT2D eigenvalue weighted by molar-refractivity contribution is 6.35. The second-order valence-corrected chi connectivity index (χ2v) is 15.3. The largest absolute Gasteiger partial charge is 0.497 e. The van der Waals surface area contributed by atoms with Crippen LogP contribution in [0.15, 0.2) is 91.3 Å². The zero-order chi connectivity index (χ0) is 38.2. The molecule has 10 nitrogen and oxygen atoms in total. The topological polar surface area (TPSA) is 108 Å². The number of ether oxygens (including phenoxy) is 1. The van der Waals surface area contributed by atoms with Gasteiger partial charge in [0, 0.05) is 75.4 Å². The number of carbonyl (C=O) groups is 2. The molecular formula is C42H40Cl3N7O3. The summed E-state index contributed by atoms with van der Waals surface area (Å²) in [4.78, 5) is 39.9. The van der Waals surface area contributed by atoms with Gasteiger partial charge in [-0.15, -0.1) is 0 Å². The summed E-state index contributed by atoms with van der Waals surface area (Å²) >= 11 is 19.6. The van der Waals surface area contributed by atoms with E-state index in [1.165, 1.54) is 0 Å². The van der Waals surface area contributed by atoms with Gasteiger partial charge in [0.25, 0.3) is 5.91 Å². The smallest absolute Gasteiger partial charge is 0.272 e. The van der Waals surface area contributed by atoms with Crippen LogP contribution in [0.4, 0.5) is 11.4 Å². The first kappa shape index (κ1) is 36.9. The van der Waals surface area contributed by atoms with Gasteiger partial charge >= 0.3 is 0 Å². The van der Waals surface area contributed by atoms with Crippen LogP contribution in [0.3, 0.4) is 0 Å². The second kappa shape index (κ2) is 15.6. The minimum absolute atomic E-state index is 0.0784. The van der Waals surface area contributed by atoms with E-state index in [4.69, 9.17) is 44.5 Å². The molecule has 2 fully saturated rings. The molecule has 2 aliphatic rings. The molecule has 2 saturated heterocycles. The monoisotopic (exact) mass is 795 g/mol. The van der Waals surface area contributed by atoms with Crippen molar-refractivity contribution in [1.82, 2.24) is 24.8 Å². The van der Waals surface area contributed by atoms with Gasteiger partial charge in [-0.1, -0.05) is 77.3 Å². The molecule has 4 heterocycles. The van der Waals surface area contributed by atoms with Crippen LogP contribution in [-0.2, 0) is 4.79 Å². The van der Waals surface area contributed by atoms with Crippen LogP contribution in [0.5, 0.6) is 5.75 Å². The van der Waals surface area contributed by atoms with Gasteiger partial charge in [-0.2, -0.15) is 0 Å². The van der Waals surface area contributed by atoms with Gasteiger partial charge in [0.05, 0.1) is 48.8 Å². The lowest BCUT2D eigenvalue weighted by Crippen LogP contribution is -2.54. The van der Waals surface area contributed by atoms with E-state index in [1.54, 1.807) is 19.5 Å². The molecule has 0 bridgehead atoms. The number of amides is 2. The summed E-state index contributed by atoms with van der Waals surface area (Å²) in [6.07, 6.45) is 3.60. The molecule has 3 N–H and O–H groups in total. The summed E-state index contributed by atoms with van der Waals surface area (Å²) in [7, 11) is 1.61. The number of aromatic nitrogens is 3. The first-order chi connectivity index (χ1) is 26.7. The highest BCUT2D eigenvalue weighted by atomic mass is 35.5. The number of nitrogens with zero attached hydrogens (tertiary/aromatic N) is 4. The van der Waals surface area contributed by atoms with E-state index in [2.05, 4.69) is 30.0 Å². The van der Waals surface area contributed by atoms with Gasteiger partial charge in [-0.25, -0.2) is 4.98 Å². The number of piperazine rings is 1. The summed E-state index contributed by atoms with van der Waals surface area (Å²) < 4.78 is 7.69. The number of aromatic amines is 1. The Balaban J connectivity index is 1.21. The van der Waals surface area contributed by atoms with Crippen molar-refractivity contribution in [1.29, 1.82) is 0 Å². The second-order valence-electron chi connectivity index (χ2n) is 14.0. The average Bonchev–Trinajstić information content (AvgIpc) is 3.79. The number of benzene rings is 4. The van der Waals surface area contributed by atoms with Crippen LogP contribution < -0.4 is 20.3 Å². The van der Waals surface area contributed by atoms with Crippen molar-refractivity contribution in [2.45, 2.75) is 31.8 Å². The molecule has 55 heavy (non-hydrogen) atoms. The van der Waals surface area contributed by atoms with Crippen molar-refractivity contribution < 1.29 is 14.3 Å². The predicted molar refractivity (Wildman–Crippen MR) is 221 cm³/mol. The lowest BCUT2D eigenvalue weighted by molar-refractivity contribution is -0.125. The van der Waals surface area contributed by atoms with Crippen molar-refractivity contribution in [3.05, 3.63) is 118 Å². The van der Waals surface area contributed by atoms with E-state index in [-0.39, 0.29) is 17.9 Å². The summed E-state index contributed by atoms with van der Waals surface area (Å²) in [6, 6.07) is 26.8. The van der Waals surface area contributed by atoms with E-state index in [1.807, 2.05) is 85.8 Å². The zero-order valence-corrected chi connectivity index (χ0v) is 32.7. The fourth-order valence-corrected chi connectivity index (χ4v) is 8.67. The van der Waals surface area contributed by atoms with Crippen molar-refractivity contribution in [3.8, 4) is 28.3 Å². The lowest BCUT2D eigenvalue weighted by Gasteiger charge is -2.41. The van der Waals surface area contributed by atoms with E-state index < -0.39 is 0 Å². The van der Waals surface area contributed by atoms with E-state index in [0.29, 0.717) is 68.1 Å². The molecule has 2 aromatic heterocycles. The number of methoxy groups -OCH3 is 1. The Labute approximate surface area is 334 Å². The number of fused-ring (bicyclic) bond motifs is 1. The van der Waals surface area contributed by atoms with Crippen molar-refractivity contribution in [2.75, 3.05) is 50.1 Å². The molecule has 1 atom stereocenters. The molecule has 8 rings (SSSR count). The Bertz CT molecular complexity index is 2390. The van der Waals surface area contributed by atoms with Crippen molar-refractivity contribution in [3.63, 3.8) is 0 Å². The number of anilines is 2. The Kier molecular flexibility index (Phi) is 10.5. The van der Waals surface area contributed by atoms with Gasteiger partial charge in [-0.05, 0) is 61.7 Å². The predicted octanol–water partition coefficient (Wildman–Crippen LogP) is 8.93. The molecule has 2 aliphatic heterocycles. The van der Waals surface area contributed by atoms with Crippen LogP contribution in [-0.4, -0.2) is 77.1 Å². The first-order valence-corrected chi connectivity index (χ1v) is 19.5. The number of hydrogen-bond acceptors (Lipinski definition) is 6. The summed E-state index contributed by atoms with van der Waals surface area (Å²) in [5.41, 5.74) is 6.44. The number of H-pyrrole nitrogens is 1. The molecular weight excluding hydrogens is 757 g/mol. The van der Waals surface area contributed by atoms with Crippen LogP contribution in [0, 0.1) is 0 Å². The summed E-state index contributed by atoms with van der Waals surface area (Å²) in [5, 5.41) is 8.60. The molecule has 0 unspecified atom stereocenters. The highest BCUT2D eigenvalue weighted by Gasteiger charge is 2.31. The number of imidazole rings is 1. The first-order valence-electron chi connectivity index (χ1n) is 18.3. The third-order valence-corrected chi connectivity index (χ3v) is 11.5. The molecule has 0 radical (unpaired) electrons. The van der Waals surface area contributed by atoms with E-state index >= 15 is 0 Å². The van der Waals surface area contributed by atoms with Gasteiger partial charge in [-0.3, -0.25) is 14.5 Å². The average molecular weight is 797 g/mol. The van der Waals surface area contributed by atoms with E-state index in [9.17, 15) is 9.59 Å². The molecule has 6 aromatic rings. The maximum absolute atomic E-state index is 14.9. The number of carbonyl (C=O) groups excluding carboxylic acids is 2. The molecule has 2 amide bonds. The van der Waals surface area contributed by atoms with Gasteiger partial charge in [0.15, 0.2) is 0 Å². The molecule has 0 spiro atoms. The molecule has 282 valence electrons. The Morgan fingerprint density at radius 1 is 0.945 bits per heavy atom. The van der Waals surface area contributed by atoms with E-state index in [0.717, 1.165) is 60.4 Å². The van der Waals surface area contributed by atoms with Gasteiger partial charge in [0.2, 0.25) is 5.91 Å². The number of piperidine rings is 1. The quantitative estimate of drug-likeness (QED) is 0.135. The third kappa shape index (κ3) is 7.39. The maximum Gasteiger partial charge on any atom is 0.272 e. The number of halogens is 3. The van der Waals surface area contributed by atoms with Gasteiger partial charge < -0.3 is 29.8 Å². The number of hydrogen-bond donors (Lipinski definition) is 3. The summed E-state index contributed by atoms with van der Waals surface area (Å²) in [6.45, 7) is 5.57. The standard InChI is InChI=1S/C42H40Cl3N7O3/c1-25(31-11-8-27(43)20-33(31)45)52-24-47-39(26-6-4-3-5-7-26)41(52)38-32-12-9-28(44)21-34(32)48-40(38)42(54)49-35-22-30(55-2)10-13-36(35)50-17-14-29(15-18-50)51-19-16-46-37(53)23-51/h3-13,20-22,24-25,29,48H,14-19,23H2,1-2H3,(H,46,53)(H,49,54)/t25-/m0/s1. The molecule has 0 saturated carbocycles. The fraction of sp³-hybridized carbons (Fsp3) is 0.262. The Morgan fingerprint density at radius 3 is 2.45 bits per heavy atom. The third-order valence-electron chi connectivity index (χ3n) is 10.7. The van der Waals surface area contributed by atoms with Crippen LogP contribution in [0.25, 0.3) is 33.4 Å². The molecule has 0 aliphatic carbocycles. The summed E-state index contributed by atoms with van der Waals surface area (Å²) in [5.74, 6) is 0.361. The van der Waals surface area contributed by atoms with Gasteiger partial charge in [0.1, 0.15) is 11.4 Å². The van der Waals surface area contributed by atoms with Crippen LogP contribution in [0.2, 0.25) is 15.1 Å². The zero-order valence-electron chi connectivity index (χ0n) is 30.4. The minimum atomic E-state index is -0.338. The Hall–Kier alpha value is -5.00. The molecule has 13 heteroatoms. The number of rotatable bonds is 9. The number of nitrogens with one attached hydrogen (secondary N) is 3. The van der Waals surface area contributed by atoms with Crippen LogP contribution >= 0.6 is 34.8 Å². The minimum Gasteiger partial charge on any atom is -0.497 e. The SMILES string of the molecule is COc1ccc(N2CCC(N3CCNC(=O)C3)CC2)c(NC(=O)c2[nH]c3cc(Cl)ccc3c2-c2c(-c3ccccc3)ncn2[C@@H](C)c2ccc(Cl)cc2Cl)c1. The normalized spacial score (nSPS) is 15.9. The Morgan fingerprint density at radius 2 is 1.71 bits per heavy atom. The van der Waals surface area contributed by atoms with Crippen LogP contribution in [0.1, 0.15) is 41.9 Å². The van der Waals surface area contributed by atoms with Crippen molar-refractivity contribution in [2.24, 2.45) is 0 Å². The lowest BCUT2D eigenvalue weighted by atomic mass is 9.99. The fourth-order valence-electron chi connectivity index (χ4n) is 7.93.